The van der Waals surface area contributed by atoms with Crippen molar-refractivity contribution in [3.8, 4) is 11.3 Å². The maximum absolute atomic E-state index is 11.9. The number of anilines is 2. The number of hydrogen-bond donors (Lipinski definition) is 2. The number of pyridine rings is 1. The molecule has 3 N–H and O–H groups in total. The monoisotopic (exact) mass is 369 g/mol. The van der Waals surface area contributed by atoms with Crippen molar-refractivity contribution in [3.05, 3.63) is 53.6 Å². The summed E-state index contributed by atoms with van der Waals surface area (Å²) in [5.41, 5.74) is 9.18. The van der Waals surface area contributed by atoms with E-state index in [0.717, 1.165) is 22.2 Å². The van der Waals surface area contributed by atoms with Gasteiger partial charge < -0.3 is 10.5 Å². The van der Waals surface area contributed by atoms with Crippen LogP contribution in [0.4, 0.5) is 16.2 Å². The summed E-state index contributed by atoms with van der Waals surface area (Å²) in [5, 5.41) is 4.10. The summed E-state index contributed by atoms with van der Waals surface area (Å²) >= 11 is 6.06. The van der Waals surface area contributed by atoms with Crippen LogP contribution in [0.5, 0.6) is 0 Å². The topological polar surface area (TPSA) is 77.2 Å². The van der Waals surface area contributed by atoms with Crippen molar-refractivity contribution in [1.29, 1.82) is 0 Å². The smallest absolute Gasteiger partial charge is 0.412 e. The quantitative estimate of drug-likeness (QED) is 0.626. The molecular formula is C20H20ClN3O2. The first-order valence-electron chi connectivity index (χ1n) is 8.17. The highest BCUT2D eigenvalue weighted by atomic mass is 35.5. The molecule has 1 heterocycles. The van der Waals surface area contributed by atoms with Crippen LogP contribution in [0.1, 0.15) is 20.8 Å². The zero-order valence-electron chi connectivity index (χ0n) is 14.8. The molecule has 0 atom stereocenters. The number of aromatic nitrogens is 1. The molecule has 0 fully saturated rings. The predicted molar refractivity (Wildman–Crippen MR) is 106 cm³/mol. The second-order valence-electron chi connectivity index (χ2n) is 6.97. The fourth-order valence-corrected chi connectivity index (χ4v) is 2.74. The molecule has 1 aromatic heterocycles. The van der Waals surface area contributed by atoms with Gasteiger partial charge in [-0.25, -0.2) is 9.78 Å². The Bertz CT molecular complexity index is 980. The highest BCUT2D eigenvalue weighted by molar-refractivity contribution is 6.30. The Balaban J connectivity index is 1.93. The Kier molecular flexibility index (Phi) is 4.74. The zero-order valence-corrected chi connectivity index (χ0v) is 15.6. The fourth-order valence-electron chi connectivity index (χ4n) is 2.55. The molecule has 5 nitrogen and oxygen atoms in total. The van der Waals surface area contributed by atoms with Crippen LogP contribution < -0.4 is 11.1 Å². The molecule has 0 bridgehead atoms. The number of ether oxygens (including phenoxy) is 1. The molecule has 2 aromatic carbocycles. The summed E-state index contributed by atoms with van der Waals surface area (Å²) in [5.74, 6) is 0. The van der Waals surface area contributed by atoms with Gasteiger partial charge in [-0.05, 0) is 57.2 Å². The van der Waals surface area contributed by atoms with Crippen LogP contribution in [-0.2, 0) is 4.74 Å². The van der Waals surface area contributed by atoms with E-state index in [-0.39, 0.29) is 0 Å². The van der Waals surface area contributed by atoms with Crippen molar-refractivity contribution in [1.82, 2.24) is 4.98 Å². The molecule has 0 spiro atoms. The third-order valence-electron chi connectivity index (χ3n) is 3.61. The van der Waals surface area contributed by atoms with E-state index in [1.807, 2.05) is 51.1 Å². The second-order valence-corrected chi connectivity index (χ2v) is 7.40. The normalized spacial score (nSPS) is 11.4. The number of benzene rings is 2. The minimum absolute atomic E-state index is 0.515. The average molecular weight is 370 g/mol. The lowest BCUT2D eigenvalue weighted by Crippen LogP contribution is -2.27. The first-order chi connectivity index (χ1) is 12.2. The number of nitrogens with zero attached hydrogens (tertiary/aromatic N) is 1. The minimum Gasteiger partial charge on any atom is -0.444 e. The van der Waals surface area contributed by atoms with E-state index in [1.165, 1.54) is 0 Å². The van der Waals surface area contributed by atoms with Crippen molar-refractivity contribution in [2.24, 2.45) is 0 Å². The van der Waals surface area contributed by atoms with Crippen LogP contribution in [0.15, 0.2) is 48.5 Å². The molecule has 3 rings (SSSR count). The third-order valence-corrected chi connectivity index (χ3v) is 3.84. The lowest BCUT2D eigenvalue weighted by atomic mass is 10.1. The van der Waals surface area contributed by atoms with E-state index >= 15 is 0 Å². The SMILES string of the molecule is CC(C)(C)OC(=O)Nc1ccc2nc(-c3cccc(Cl)c3)cc(N)c2c1. The van der Waals surface area contributed by atoms with E-state index < -0.39 is 11.7 Å². The van der Waals surface area contributed by atoms with Crippen LogP contribution in [0.2, 0.25) is 5.02 Å². The van der Waals surface area contributed by atoms with E-state index in [9.17, 15) is 4.79 Å². The number of carbonyl (C=O) groups excluding carboxylic acids is 1. The van der Waals surface area contributed by atoms with E-state index in [1.54, 1.807) is 18.2 Å². The molecule has 0 aliphatic heterocycles. The number of amides is 1. The molecule has 0 saturated carbocycles. The van der Waals surface area contributed by atoms with Gasteiger partial charge in [-0.2, -0.15) is 0 Å². The van der Waals surface area contributed by atoms with Crippen molar-refractivity contribution in [2.45, 2.75) is 26.4 Å². The van der Waals surface area contributed by atoms with E-state index in [2.05, 4.69) is 10.3 Å². The van der Waals surface area contributed by atoms with Crippen LogP contribution in [-0.4, -0.2) is 16.7 Å². The summed E-state index contributed by atoms with van der Waals surface area (Å²) in [7, 11) is 0. The molecule has 3 aromatic rings. The number of nitrogens with one attached hydrogen (secondary N) is 1. The van der Waals surface area contributed by atoms with Crippen LogP contribution in [0.25, 0.3) is 22.2 Å². The third kappa shape index (κ3) is 4.24. The van der Waals surface area contributed by atoms with Gasteiger partial charge >= 0.3 is 6.09 Å². The Morgan fingerprint density at radius 3 is 2.62 bits per heavy atom. The van der Waals surface area contributed by atoms with E-state index in [0.29, 0.717) is 16.4 Å². The van der Waals surface area contributed by atoms with E-state index in [4.69, 9.17) is 22.1 Å². The Morgan fingerprint density at radius 2 is 1.92 bits per heavy atom. The van der Waals surface area contributed by atoms with Crippen molar-refractivity contribution in [3.63, 3.8) is 0 Å². The summed E-state index contributed by atoms with van der Waals surface area (Å²) in [4.78, 5) is 16.6. The molecular weight excluding hydrogens is 350 g/mol. The molecule has 0 aliphatic rings. The van der Waals surface area contributed by atoms with Gasteiger partial charge in [0.05, 0.1) is 11.2 Å². The van der Waals surface area contributed by atoms with Gasteiger partial charge in [0, 0.05) is 27.3 Å². The van der Waals surface area contributed by atoms with Gasteiger partial charge in [0.25, 0.3) is 0 Å². The summed E-state index contributed by atoms with van der Waals surface area (Å²) in [6.45, 7) is 5.44. The molecule has 26 heavy (non-hydrogen) atoms. The first-order valence-corrected chi connectivity index (χ1v) is 8.55. The zero-order chi connectivity index (χ0) is 18.9. The van der Waals surface area contributed by atoms with Crippen molar-refractivity contribution in [2.75, 3.05) is 11.1 Å². The maximum Gasteiger partial charge on any atom is 0.412 e. The summed E-state index contributed by atoms with van der Waals surface area (Å²) < 4.78 is 5.26. The Labute approximate surface area is 157 Å². The molecule has 6 heteroatoms. The lowest BCUT2D eigenvalue weighted by Gasteiger charge is -2.19. The highest BCUT2D eigenvalue weighted by Crippen LogP contribution is 2.29. The molecule has 1 amide bonds. The second kappa shape index (κ2) is 6.84. The minimum atomic E-state index is -0.562. The van der Waals surface area contributed by atoms with Crippen molar-refractivity contribution < 1.29 is 9.53 Å². The largest absolute Gasteiger partial charge is 0.444 e. The number of rotatable bonds is 2. The average Bonchev–Trinajstić information content (AvgIpc) is 2.53. The molecule has 0 saturated heterocycles. The number of fused-ring (bicyclic) bond motifs is 1. The molecule has 134 valence electrons. The Morgan fingerprint density at radius 1 is 1.15 bits per heavy atom. The molecule has 0 aliphatic carbocycles. The van der Waals surface area contributed by atoms with Crippen molar-refractivity contribution >= 4 is 40.0 Å². The standard InChI is InChI=1S/C20H20ClN3O2/c1-20(2,3)26-19(25)23-14-7-8-17-15(10-14)16(22)11-18(24-17)12-5-4-6-13(21)9-12/h4-11H,1-3H3,(H2,22,24)(H,23,25). The number of hydrogen-bond acceptors (Lipinski definition) is 4. The highest BCUT2D eigenvalue weighted by Gasteiger charge is 2.16. The van der Waals surface area contributed by atoms with Gasteiger partial charge in [-0.1, -0.05) is 23.7 Å². The van der Waals surface area contributed by atoms with Crippen LogP contribution >= 0.6 is 11.6 Å². The number of carbonyl (C=O) groups is 1. The maximum atomic E-state index is 11.9. The summed E-state index contributed by atoms with van der Waals surface area (Å²) in [6.07, 6.45) is -0.515. The molecule has 0 radical (unpaired) electrons. The first kappa shape index (κ1) is 18.0. The molecule has 0 unspecified atom stereocenters. The predicted octanol–water partition coefficient (Wildman–Crippen LogP) is 5.48. The lowest BCUT2D eigenvalue weighted by molar-refractivity contribution is 0.0636. The number of nitrogens with two attached hydrogens (primary N) is 1. The fraction of sp³-hybridized carbons (Fsp3) is 0.200. The summed E-state index contributed by atoms with van der Waals surface area (Å²) in [6, 6.07) is 14.6. The van der Waals surface area contributed by atoms with Gasteiger partial charge in [0.1, 0.15) is 5.60 Å². The Hall–Kier alpha value is -2.79. The van der Waals surface area contributed by atoms with Crippen LogP contribution in [0.3, 0.4) is 0 Å². The van der Waals surface area contributed by atoms with Gasteiger partial charge in [-0.3, -0.25) is 5.32 Å². The van der Waals surface area contributed by atoms with Gasteiger partial charge in [0.15, 0.2) is 0 Å². The number of nitrogen functional groups attached to an aromatic ring is 1. The van der Waals surface area contributed by atoms with Gasteiger partial charge in [0.2, 0.25) is 0 Å². The van der Waals surface area contributed by atoms with Gasteiger partial charge in [-0.15, -0.1) is 0 Å². The van der Waals surface area contributed by atoms with Crippen LogP contribution in [0, 0.1) is 0 Å². The number of halogens is 1.